The molecule has 2 heterocycles. The molecule has 6 fully saturated rings. The second kappa shape index (κ2) is 7.75. The summed E-state index contributed by atoms with van der Waals surface area (Å²) in [5.41, 5.74) is -1.82. The Hall–Kier alpha value is -0.530. The van der Waals surface area contributed by atoms with Crippen molar-refractivity contribution in [1.82, 2.24) is 0 Å². The number of carbonyl (C=O) groups excluding carboxylic acids is 1. The molecule has 4 saturated carbocycles. The molecule has 6 heteroatoms. The highest BCUT2D eigenvalue weighted by Crippen LogP contribution is 2.72. The van der Waals surface area contributed by atoms with E-state index < -0.39 is 22.6 Å². The lowest BCUT2D eigenvalue weighted by Crippen LogP contribution is -2.64. The van der Waals surface area contributed by atoms with E-state index in [9.17, 15) is 9.90 Å². The van der Waals surface area contributed by atoms with Crippen molar-refractivity contribution in [2.75, 3.05) is 20.8 Å². The standard InChI is InChI=1S/C29H46O6/c1-17-9-10-28(34-16-17)18(2)29(31)24(35-28)14-22-20-8-7-19-15-27(32-5,33-6)12-11-25(19,3)21(20)13-23(30)26(22,29)4/h17-22,24,31H,7-16H2,1-6H3/t17-,18-,19-,20-,21+,22+,24+,25+,26-,28-,29-/m1/s1. The summed E-state index contributed by atoms with van der Waals surface area (Å²) in [6.07, 6.45) is 7.90. The Bertz CT molecular complexity index is 876. The molecule has 11 atom stereocenters. The van der Waals surface area contributed by atoms with E-state index in [4.69, 9.17) is 18.9 Å². The van der Waals surface area contributed by atoms with Gasteiger partial charge in [0, 0.05) is 45.8 Å². The molecule has 0 radical (unpaired) electrons. The van der Waals surface area contributed by atoms with Crippen molar-refractivity contribution in [2.45, 2.75) is 109 Å². The minimum atomic E-state index is -1.16. The molecular formula is C29H46O6. The number of ketones is 1. The van der Waals surface area contributed by atoms with Gasteiger partial charge in [-0.05, 0) is 74.0 Å². The van der Waals surface area contributed by atoms with E-state index in [2.05, 4.69) is 27.7 Å². The lowest BCUT2D eigenvalue weighted by atomic mass is 9.43. The van der Waals surface area contributed by atoms with E-state index in [0.29, 0.717) is 36.7 Å². The average molecular weight is 491 g/mol. The van der Waals surface area contributed by atoms with Crippen molar-refractivity contribution in [2.24, 2.45) is 46.3 Å². The Morgan fingerprint density at radius 2 is 1.74 bits per heavy atom. The first-order valence-electron chi connectivity index (χ1n) is 14.2. The zero-order valence-corrected chi connectivity index (χ0v) is 22.6. The first kappa shape index (κ1) is 24.8. The molecule has 6 nitrogen and oxygen atoms in total. The summed E-state index contributed by atoms with van der Waals surface area (Å²) in [4.78, 5) is 14.2. The molecule has 1 spiro atoms. The zero-order chi connectivity index (χ0) is 25.0. The van der Waals surface area contributed by atoms with Gasteiger partial charge in [-0.15, -0.1) is 0 Å². The van der Waals surface area contributed by atoms with Crippen molar-refractivity contribution in [3.63, 3.8) is 0 Å². The lowest BCUT2D eigenvalue weighted by Gasteiger charge is -2.62. The molecule has 35 heavy (non-hydrogen) atoms. The van der Waals surface area contributed by atoms with E-state index in [1.165, 1.54) is 0 Å². The number of rotatable bonds is 2. The number of fused-ring (bicyclic) bond motifs is 7. The predicted octanol–water partition coefficient (Wildman–Crippen LogP) is 4.72. The van der Waals surface area contributed by atoms with Crippen LogP contribution in [0.15, 0.2) is 0 Å². The number of methoxy groups -OCH3 is 2. The average Bonchev–Trinajstić information content (AvgIpc) is 3.21. The van der Waals surface area contributed by atoms with Crippen LogP contribution in [0.5, 0.6) is 0 Å². The summed E-state index contributed by atoms with van der Waals surface area (Å²) in [5, 5.41) is 12.5. The summed E-state index contributed by atoms with van der Waals surface area (Å²) in [5.74, 6) is 0.786. The third-order valence-electron chi connectivity index (χ3n) is 12.8. The first-order valence-corrected chi connectivity index (χ1v) is 14.2. The first-order chi connectivity index (χ1) is 16.5. The number of carbonyl (C=O) groups is 1. The molecule has 0 aromatic carbocycles. The highest BCUT2D eigenvalue weighted by atomic mass is 16.7. The number of hydrogen-bond donors (Lipinski definition) is 1. The highest BCUT2D eigenvalue weighted by Gasteiger charge is 2.79. The van der Waals surface area contributed by atoms with E-state index in [1.807, 2.05) is 0 Å². The van der Waals surface area contributed by atoms with Gasteiger partial charge < -0.3 is 24.1 Å². The Morgan fingerprint density at radius 3 is 2.40 bits per heavy atom. The van der Waals surface area contributed by atoms with Gasteiger partial charge in [0.1, 0.15) is 11.4 Å². The van der Waals surface area contributed by atoms with Gasteiger partial charge in [-0.3, -0.25) is 4.79 Å². The summed E-state index contributed by atoms with van der Waals surface area (Å²) >= 11 is 0. The summed E-state index contributed by atoms with van der Waals surface area (Å²) in [6, 6.07) is 0. The fraction of sp³-hybridized carbons (Fsp3) is 0.966. The van der Waals surface area contributed by atoms with Crippen molar-refractivity contribution in [3.8, 4) is 0 Å². The molecule has 0 amide bonds. The van der Waals surface area contributed by atoms with E-state index in [0.717, 1.165) is 51.4 Å². The van der Waals surface area contributed by atoms with Crippen LogP contribution in [0.25, 0.3) is 0 Å². The molecular weight excluding hydrogens is 444 g/mol. The van der Waals surface area contributed by atoms with Crippen LogP contribution in [0.3, 0.4) is 0 Å². The van der Waals surface area contributed by atoms with Gasteiger partial charge in [-0.25, -0.2) is 0 Å². The van der Waals surface area contributed by atoms with Crippen LogP contribution < -0.4 is 0 Å². The number of hydrogen-bond acceptors (Lipinski definition) is 6. The van der Waals surface area contributed by atoms with Crippen LogP contribution in [0, 0.1) is 46.3 Å². The monoisotopic (exact) mass is 490 g/mol. The predicted molar refractivity (Wildman–Crippen MR) is 130 cm³/mol. The van der Waals surface area contributed by atoms with Gasteiger partial charge in [-0.1, -0.05) is 20.8 Å². The SMILES string of the molecule is COC1(OC)CC[C@@]2(C)[C@H](CC[C@@H]3[C@@H]2CC(=O)[C@@]2(C)[C@H]3C[C@@H]3O[C@]4(CC[C@@H](C)CO4)[C@@H](C)[C@@]32O)C1. The topological polar surface area (TPSA) is 74.2 Å². The summed E-state index contributed by atoms with van der Waals surface area (Å²) in [6.45, 7) is 9.45. The number of ether oxygens (including phenoxy) is 4. The molecule has 6 rings (SSSR count). The molecule has 2 aliphatic heterocycles. The molecule has 6 aliphatic rings. The smallest absolute Gasteiger partial charge is 0.174 e. The Morgan fingerprint density at radius 1 is 1.00 bits per heavy atom. The van der Waals surface area contributed by atoms with Crippen LogP contribution in [0.1, 0.15) is 85.5 Å². The zero-order valence-electron chi connectivity index (χ0n) is 22.6. The maximum absolute atomic E-state index is 14.2. The van der Waals surface area contributed by atoms with E-state index in [-0.39, 0.29) is 29.1 Å². The Kier molecular flexibility index (Phi) is 5.49. The maximum atomic E-state index is 14.2. The molecule has 2 saturated heterocycles. The maximum Gasteiger partial charge on any atom is 0.174 e. The minimum Gasteiger partial charge on any atom is -0.386 e. The molecule has 0 aromatic heterocycles. The number of aliphatic hydroxyl groups is 1. The van der Waals surface area contributed by atoms with Crippen LogP contribution in [-0.2, 0) is 23.7 Å². The molecule has 1 N–H and O–H groups in total. The fourth-order valence-electron chi connectivity index (χ4n) is 10.3. The third kappa shape index (κ3) is 2.92. The van der Waals surface area contributed by atoms with E-state index >= 15 is 0 Å². The molecule has 198 valence electrons. The van der Waals surface area contributed by atoms with Crippen molar-refractivity contribution in [1.29, 1.82) is 0 Å². The highest BCUT2D eigenvalue weighted by molar-refractivity contribution is 5.88. The van der Waals surface area contributed by atoms with Gasteiger partial charge in [0.2, 0.25) is 0 Å². The Balaban J connectivity index is 1.31. The second-order valence-corrected chi connectivity index (χ2v) is 13.7. The second-order valence-electron chi connectivity index (χ2n) is 13.7. The third-order valence-corrected chi connectivity index (χ3v) is 12.8. The molecule has 0 unspecified atom stereocenters. The van der Waals surface area contributed by atoms with E-state index in [1.54, 1.807) is 14.2 Å². The number of Topliss-reactive ketones (excluding diaryl/α,β-unsaturated/α-hetero) is 1. The molecule has 0 bridgehead atoms. The fourth-order valence-corrected chi connectivity index (χ4v) is 10.3. The van der Waals surface area contributed by atoms with Crippen LogP contribution in [-0.4, -0.2) is 55.0 Å². The van der Waals surface area contributed by atoms with Crippen LogP contribution in [0.4, 0.5) is 0 Å². The lowest BCUT2D eigenvalue weighted by molar-refractivity contribution is -0.275. The van der Waals surface area contributed by atoms with Gasteiger partial charge in [0.25, 0.3) is 0 Å². The quantitative estimate of drug-likeness (QED) is 0.565. The van der Waals surface area contributed by atoms with Gasteiger partial charge in [0.15, 0.2) is 11.6 Å². The molecule has 0 aromatic rings. The van der Waals surface area contributed by atoms with Gasteiger partial charge in [0.05, 0.1) is 18.1 Å². The van der Waals surface area contributed by atoms with Gasteiger partial charge >= 0.3 is 0 Å². The summed E-state index contributed by atoms with van der Waals surface area (Å²) in [7, 11) is 3.52. The molecule has 4 aliphatic carbocycles. The van der Waals surface area contributed by atoms with Gasteiger partial charge in [-0.2, -0.15) is 0 Å². The normalized spacial score (nSPS) is 56.9. The Labute approximate surface area is 210 Å². The summed E-state index contributed by atoms with van der Waals surface area (Å²) < 4.78 is 24.7. The van der Waals surface area contributed by atoms with Crippen molar-refractivity contribution in [3.05, 3.63) is 0 Å². The minimum absolute atomic E-state index is 0.108. The van der Waals surface area contributed by atoms with Crippen LogP contribution >= 0.6 is 0 Å². The van der Waals surface area contributed by atoms with Crippen molar-refractivity contribution >= 4 is 5.78 Å². The largest absolute Gasteiger partial charge is 0.386 e. The van der Waals surface area contributed by atoms with Crippen molar-refractivity contribution < 1.29 is 28.8 Å². The van der Waals surface area contributed by atoms with Crippen LogP contribution in [0.2, 0.25) is 0 Å².